The Balaban J connectivity index is 2.24. The van der Waals surface area contributed by atoms with E-state index >= 15 is 0 Å². The van der Waals surface area contributed by atoms with Crippen LogP contribution in [-0.2, 0) is 10.2 Å². The Morgan fingerprint density at radius 3 is 2.69 bits per heavy atom. The molecule has 0 aliphatic heterocycles. The van der Waals surface area contributed by atoms with Gasteiger partial charge >= 0.3 is 0 Å². The van der Waals surface area contributed by atoms with Gasteiger partial charge in [-0.15, -0.1) is 0 Å². The summed E-state index contributed by atoms with van der Waals surface area (Å²) in [4.78, 5) is 4.02. The Morgan fingerprint density at radius 2 is 2.19 bits per heavy atom. The van der Waals surface area contributed by atoms with Crippen molar-refractivity contribution in [3.8, 4) is 5.82 Å². The lowest BCUT2D eigenvalue weighted by Crippen LogP contribution is -2.21. The van der Waals surface area contributed by atoms with Crippen LogP contribution in [0.1, 0.15) is 0 Å². The van der Waals surface area contributed by atoms with Gasteiger partial charge in [-0.25, -0.2) is 14.8 Å². The molecule has 0 unspecified atom stereocenters. The predicted molar refractivity (Wildman–Crippen MR) is 58.1 cm³/mol. The average molecular weight is 239 g/mol. The molecule has 3 N–H and O–H groups in total. The third-order valence-corrected chi connectivity index (χ3v) is 2.27. The first-order valence-corrected chi connectivity index (χ1v) is 5.86. The standard InChI is InChI=1S/C8H9N5O2S/c9-16(14,15)12-7-2-3-8(10-6-7)13-5-1-4-11-13/h1-6,12H,(H2,9,14,15). The fourth-order valence-electron chi connectivity index (χ4n) is 1.15. The lowest BCUT2D eigenvalue weighted by Gasteiger charge is -2.04. The van der Waals surface area contributed by atoms with Crippen LogP contribution in [0, 0.1) is 0 Å². The van der Waals surface area contributed by atoms with Crippen molar-refractivity contribution in [1.82, 2.24) is 14.8 Å². The maximum atomic E-state index is 10.7. The first kappa shape index (κ1) is 10.6. The van der Waals surface area contributed by atoms with Crippen molar-refractivity contribution in [2.75, 3.05) is 4.72 Å². The minimum Gasteiger partial charge on any atom is -0.270 e. The molecule has 2 aromatic heterocycles. The summed E-state index contributed by atoms with van der Waals surface area (Å²) >= 11 is 0. The Labute approximate surface area is 92.1 Å². The molecule has 2 aromatic rings. The van der Waals surface area contributed by atoms with Gasteiger partial charge in [-0.3, -0.25) is 4.72 Å². The van der Waals surface area contributed by atoms with E-state index in [1.54, 1.807) is 35.3 Å². The lowest BCUT2D eigenvalue weighted by atomic mass is 10.4. The molecule has 0 bridgehead atoms. The normalized spacial score (nSPS) is 11.3. The van der Waals surface area contributed by atoms with Crippen LogP contribution in [0.25, 0.3) is 5.82 Å². The molecule has 0 aliphatic rings. The van der Waals surface area contributed by atoms with Gasteiger partial charge < -0.3 is 0 Å². The molecular formula is C8H9N5O2S. The Hall–Kier alpha value is -1.93. The van der Waals surface area contributed by atoms with Gasteiger partial charge in [0.2, 0.25) is 0 Å². The van der Waals surface area contributed by atoms with E-state index in [1.807, 2.05) is 0 Å². The number of nitrogens with zero attached hydrogens (tertiary/aromatic N) is 3. The van der Waals surface area contributed by atoms with Crippen LogP contribution in [0.2, 0.25) is 0 Å². The highest BCUT2D eigenvalue weighted by atomic mass is 32.2. The summed E-state index contributed by atoms with van der Waals surface area (Å²) in [6, 6.07) is 4.94. The third-order valence-electron chi connectivity index (χ3n) is 1.75. The van der Waals surface area contributed by atoms with Crippen LogP contribution < -0.4 is 9.86 Å². The maximum Gasteiger partial charge on any atom is 0.296 e. The van der Waals surface area contributed by atoms with Crippen molar-refractivity contribution in [3.05, 3.63) is 36.8 Å². The minimum absolute atomic E-state index is 0.304. The maximum absolute atomic E-state index is 10.7. The van der Waals surface area contributed by atoms with Gasteiger partial charge in [0.1, 0.15) is 0 Å². The molecule has 0 aromatic carbocycles. The second-order valence-electron chi connectivity index (χ2n) is 3.00. The molecule has 7 nitrogen and oxygen atoms in total. The van der Waals surface area contributed by atoms with Crippen LogP contribution >= 0.6 is 0 Å². The summed E-state index contributed by atoms with van der Waals surface area (Å²) in [5.74, 6) is 0.588. The first-order chi connectivity index (χ1) is 7.54. The topological polar surface area (TPSA) is 103 Å². The molecule has 0 atom stereocenters. The van der Waals surface area contributed by atoms with E-state index in [4.69, 9.17) is 5.14 Å². The second-order valence-corrected chi connectivity index (χ2v) is 4.30. The molecule has 0 amide bonds. The van der Waals surface area contributed by atoms with Gasteiger partial charge in [0.25, 0.3) is 10.2 Å². The van der Waals surface area contributed by atoms with Crippen molar-refractivity contribution in [2.45, 2.75) is 0 Å². The fourth-order valence-corrected chi connectivity index (χ4v) is 1.60. The second kappa shape index (κ2) is 3.91. The quantitative estimate of drug-likeness (QED) is 0.779. The summed E-state index contributed by atoms with van der Waals surface area (Å²) < 4.78 is 25.1. The van der Waals surface area contributed by atoms with E-state index in [9.17, 15) is 8.42 Å². The summed E-state index contributed by atoms with van der Waals surface area (Å²) in [7, 11) is -3.76. The number of pyridine rings is 1. The Kier molecular flexibility index (Phi) is 2.59. The van der Waals surface area contributed by atoms with Crippen molar-refractivity contribution in [2.24, 2.45) is 5.14 Å². The molecule has 0 radical (unpaired) electrons. The van der Waals surface area contributed by atoms with Crippen LogP contribution in [0.3, 0.4) is 0 Å². The summed E-state index contributed by atoms with van der Waals surface area (Å²) in [6.07, 6.45) is 4.72. The van der Waals surface area contributed by atoms with Crippen molar-refractivity contribution < 1.29 is 8.42 Å². The third kappa shape index (κ3) is 2.55. The smallest absolute Gasteiger partial charge is 0.270 e. The molecule has 8 heteroatoms. The summed E-state index contributed by atoms with van der Waals surface area (Å²) in [5.41, 5.74) is 0.304. The van der Waals surface area contributed by atoms with Crippen LogP contribution in [0.5, 0.6) is 0 Å². The first-order valence-electron chi connectivity index (χ1n) is 4.31. The van der Waals surface area contributed by atoms with Crippen LogP contribution in [0.15, 0.2) is 36.8 Å². The van der Waals surface area contributed by atoms with Gasteiger partial charge in [-0.1, -0.05) is 0 Å². The minimum atomic E-state index is -3.76. The summed E-state index contributed by atoms with van der Waals surface area (Å²) in [6.45, 7) is 0. The van der Waals surface area contributed by atoms with E-state index in [1.165, 1.54) is 6.20 Å². The number of hydrogen-bond donors (Lipinski definition) is 2. The SMILES string of the molecule is NS(=O)(=O)Nc1ccc(-n2cccn2)nc1. The predicted octanol–water partition coefficient (Wildman–Crippen LogP) is -0.117. The summed E-state index contributed by atoms with van der Waals surface area (Å²) in [5, 5.41) is 8.80. The van der Waals surface area contributed by atoms with Crippen molar-refractivity contribution in [3.63, 3.8) is 0 Å². The molecule has 2 rings (SSSR count). The number of anilines is 1. The number of hydrogen-bond acceptors (Lipinski definition) is 4. The van der Waals surface area contributed by atoms with Gasteiger partial charge in [-0.05, 0) is 18.2 Å². The van der Waals surface area contributed by atoms with E-state index in [0.29, 0.717) is 11.5 Å². The van der Waals surface area contributed by atoms with Crippen LogP contribution in [-0.4, -0.2) is 23.2 Å². The molecule has 0 saturated heterocycles. The van der Waals surface area contributed by atoms with E-state index in [2.05, 4.69) is 14.8 Å². The lowest BCUT2D eigenvalue weighted by molar-refractivity contribution is 0.603. The zero-order chi connectivity index (χ0) is 11.6. The highest BCUT2D eigenvalue weighted by Gasteiger charge is 2.03. The molecule has 0 fully saturated rings. The largest absolute Gasteiger partial charge is 0.296 e. The highest BCUT2D eigenvalue weighted by Crippen LogP contribution is 2.09. The zero-order valence-corrected chi connectivity index (χ0v) is 8.92. The van der Waals surface area contributed by atoms with Crippen molar-refractivity contribution >= 4 is 15.9 Å². The molecule has 0 spiro atoms. The molecular weight excluding hydrogens is 230 g/mol. The molecule has 2 heterocycles. The highest BCUT2D eigenvalue weighted by molar-refractivity contribution is 7.90. The number of nitrogens with one attached hydrogen (secondary N) is 1. The van der Waals surface area contributed by atoms with Gasteiger partial charge in [0, 0.05) is 12.4 Å². The van der Waals surface area contributed by atoms with E-state index in [-0.39, 0.29) is 0 Å². The van der Waals surface area contributed by atoms with Crippen LogP contribution in [0.4, 0.5) is 5.69 Å². The van der Waals surface area contributed by atoms with Gasteiger partial charge in [0.15, 0.2) is 5.82 Å². The molecule has 0 saturated carbocycles. The number of nitrogens with two attached hydrogens (primary N) is 1. The van der Waals surface area contributed by atoms with E-state index in [0.717, 1.165) is 0 Å². The van der Waals surface area contributed by atoms with E-state index < -0.39 is 10.2 Å². The molecule has 0 aliphatic carbocycles. The molecule has 16 heavy (non-hydrogen) atoms. The zero-order valence-electron chi connectivity index (χ0n) is 8.11. The molecule has 84 valence electrons. The Morgan fingerprint density at radius 1 is 1.38 bits per heavy atom. The van der Waals surface area contributed by atoms with Crippen molar-refractivity contribution in [1.29, 1.82) is 0 Å². The van der Waals surface area contributed by atoms with Gasteiger partial charge in [-0.2, -0.15) is 13.5 Å². The van der Waals surface area contributed by atoms with Gasteiger partial charge in [0.05, 0.1) is 11.9 Å². The number of aromatic nitrogens is 3. The average Bonchev–Trinajstić information content (AvgIpc) is 2.69. The monoisotopic (exact) mass is 239 g/mol. The fraction of sp³-hybridized carbons (Fsp3) is 0. The number of rotatable bonds is 3. The Bertz CT molecular complexity index is 561.